The third kappa shape index (κ3) is 2.58. The van der Waals surface area contributed by atoms with Gasteiger partial charge < -0.3 is 13.8 Å². The monoisotopic (exact) mass is 210 g/mol. The Kier molecular flexibility index (Phi) is 4.76. The maximum atomic E-state index is 11.5. The van der Waals surface area contributed by atoms with E-state index in [1.807, 2.05) is 0 Å². The zero-order valence-electron chi connectivity index (χ0n) is 7.51. The number of ether oxygens (including phenoxy) is 1. The predicted octanol–water partition coefficient (Wildman–Crippen LogP) is 1.00. The summed E-state index contributed by atoms with van der Waals surface area (Å²) in [6.45, 7) is 0. The van der Waals surface area contributed by atoms with Crippen LogP contribution in [0.1, 0.15) is 0 Å². The first-order valence-electron chi connectivity index (χ1n) is 3.21. The molecule has 0 heterocycles. The number of hydrogen-bond donors (Lipinski definition) is 1. The maximum Gasteiger partial charge on any atom is 0.367 e. The van der Waals surface area contributed by atoms with Gasteiger partial charge in [-0.1, -0.05) is 0 Å². The zero-order chi connectivity index (χ0) is 10.5. The molecule has 1 unspecified atom stereocenters. The first-order chi connectivity index (χ1) is 6.05. The smallest absolute Gasteiger partial charge is 0.367 e. The quantitative estimate of drug-likeness (QED) is 0.414. The molecule has 0 rings (SSSR count). The van der Waals surface area contributed by atoms with Crippen molar-refractivity contribution < 1.29 is 23.1 Å². The summed E-state index contributed by atoms with van der Waals surface area (Å²) in [5.41, 5.74) is 6.65. The molecule has 0 aromatic carbocycles. The van der Waals surface area contributed by atoms with Gasteiger partial charge in [-0.05, 0) is 0 Å². The Hall–Kier alpha value is -0.780. The van der Waals surface area contributed by atoms with Gasteiger partial charge in [0.15, 0.2) is 0 Å². The SMILES string of the molecule is COC(=O)C(N=N)P(=O)(OC)OC. The lowest BCUT2D eigenvalue weighted by atomic mass is 10.7. The minimum Gasteiger partial charge on any atom is -0.467 e. The minimum absolute atomic E-state index is 0.929. The second-order valence-corrected chi connectivity index (χ2v) is 4.23. The fourth-order valence-corrected chi connectivity index (χ4v) is 1.69. The number of rotatable bonds is 5. The standard InChI is InChI=1S/C5H11N2O5P/c1-10-5(8)4(7-6)13(9,11-2)12-3/h4,6H,1-3H3. The van der Waals surface area contributed by atoms with E-state index in [4.69, 9.17) is 5.53 Å². The lowest BCUT2D eigenvalue weighted by Crippen LogP contribution is -2.21. The molecule has 0 spiro atoms. The highest BCUT2D eigenvalue weighted by Gasteiger charge is 2.41. The lowest BCUT2D eigenvalue weighted by molar-refractivity contribution is -0.140. The van der Waals surface area contributed by atoms with E-state index in [1.54, 1.807) is 0 Å². The van der Waals surface area contributed by atoms with Gasteiger partial charge in [-0.25, -0.2) is 10.3 Å². The summed E-state index contributed by atoms with van der Waals surface area (Å²) < 4.78 is 24.8. The van der Waals surface area contributed by atoms with Gasteiger partial charge in [-0.15, -0.1) is 0 Å². The van der Waals surface area contributed by atoms with Crippen molar-refractivity contribution in [3.05, 3.63) is 0 Å². The largest absolute Gasteiger partial charge is 0.467 e. The Bertz CT molecular complexity index is 235. The molecule has 0 aliphatic heterocycles. The average molecular weight is 210 g/mol. The fraction of sp³-hybridized carbons (Fsp3) is 0.800. The summed E-state index contributed by atoms with van der Waals surface area (Å²) in [4.78, 5) is 10.9. The van der Waals surface area contributed by atoms with Crippen molar-refractivity contribution >= 4 is 13.6 Å². The first-order valence-corrected chi connectivity index (χ1v) is 4.82. The molecule has 8 heteroatoms. The van der Waals surface area contributed by atoms with Gasteiger partial charge in [0.2, 0.25) is 0 Å². The van der Waals surface area contributed by atoms with Crippen molar-refractivity contribution in [1.82, 2.24) is 0 Å². The molecule has 0 saturated carbocycles. The van der Waals surface area contributed by atoms with Gasteiger partial charge in [0.25, 0.3) is 5.78 Å². The van der Waals surface area contributed by atoms with E-state index in [0.717, 1.165) is 21.3 Å². The van der Waals surface area contributed by atoms with E-state index >= 15 is 0 Å². The summed E-state index contributed by atoms with van der Waals surface area (Å²) in [5, 5.41) is 2.83. The van der Waals surface area contributed by atoms with Crippen molar-refractivity contribution in [2.45, 2.75) is 5.78 Å². The Labute approximate surface area is 75.4 Å². The van der Waals surface area contributed by atoms with Crippen LogP contribution in [0.4, 0.5) is 0 Å². The molecule has 0 saturated heterocycles. The van der Waals surface area contributed by atoms with Crippen LogP contribution in [-0.2, 0) is 23.1 Å². The van der Waals surface area contributed by atoms with E-state index in [-0.39, 0.29) is 0 Å². The molecule has 76 valence electrons. The molecule has 1 N–H and O–H groups in total. The molecule has 1 atom stereocenters. The number of esters is 1. The van der Waals surface area contributed by atoms with E-state index in [0.29, 0.717) is 0 Å². The third-order valence-electron chi connectivity index (χ3n) is 1.34. The second kappa shape index (κ2) is 5.06. The molecule has 0 amide bonds. The highest BCUT2D eigenvalue weighted by molar-refractivity contribution is 7.55. The van der Waals surface area contributed by atoms with Gasteiger partial charge in [0, 0.05) is 14.2 Å². The topological polar surface area (TPSA) is 98.0 Å². The molecule has 0 aliphatic carbocycles. The van der Waals surface area contributed by atoms with Crippen LogP contribution in [0.5, 0.6) is 0 Å². The summed E-state index contributed by atoms with van der Waals surface area (Å²) in [7, 11) is -0.394. The van der Waals surface area contributed by atoms with Crippen LogP contribution in [0.25, 0.3) is 0 Å². The fourth-order valence-electron chi connectivity index (χ4n) is 0.632. The summed E-state index contributed by atoms with van der Waals surface area (Å²) in [5.74, 6) is -2.48. The average Bonchev–Trinajstić information content (AvgIpc) is 2.18. The van der Waals surface area contributed by atoms with Crippen LogP contribution in [0.2, 0.25) is 0 Å². The number of carbonyl (C=O) groups excluding carboxylic acids is 1. The van der Waals surface area contributed by atoms with E-state index < -0.39 is 19.3 Å². The third-order valence-corrected chi connectivity index (χ3v) is 3.29. The van der Waals surface area contributed by atoms with Gasteiger partial charge in [0.1, 0.15) is 0 Å². The van der Waals surface area contributed by atoms with Crippen LogP contribution in [-0.4, -0.2) is 33.1 Å². The molecular formula is C5H11N2O5P. The van der Waals surface area contributed by atoms with Crippen LogP contribution < -0.4 is 0 Å². The van der Waals surface area contributed by atoms with Gasteiger partial charge in [-0.3, -0.25) is 4.57 Å². The number of hydrogen-bond acceptors (Lipinski definition) is 7. The Morgan fingerprint density at radius 3 is 2.08 bits per heavy atom. The van der Waals surface area contributed by atoms with Gasteiger partial charge in [-0.2, -0.15) is 5.11 Å². The minimum atomic E-state index is -3.69. The lowest BCUT2D eigenvalue weighted by Gasteiger charge is -2.17. The molecule has 7 nitrogen and oxygen atoms in total. The van der Waals surface area contributed by atoms with Crippen LogP contribution in [0, 0.1) is 5.53 Å². The Balaban J connectivity index is 4.84. The maximum absolute atomic E-state index is 11.5. The number of nitrogens with zero attached hydrogens (tertiary/aromatic N) is 1. The number of carbonyl (C=O) groups is 1. The predicted molar refractivity (Wildman–Crippen MR) is 42.6 cm³/mol. The molecule has 0 radical (unpaired) electrons. The highest BCUT2D eigenvalue weighted by Crippen LogP contribution is 2.52. The van der Waals surface area contributed by atoms with Gasteiger partial charge >= 0.3 is 13.6 Å². The van der Waals surface area contributed by atoms with E-state index in [9.17, 15) is 9.36 Å². The molecule has 0 fully saturated rings. The van der Waals surface area contributed by atoms with E-state index in [2.05, 4.69) is 18.9 Å². The summed E-state index contributed by atoms with van der Waals surface area (Å²) in [6.07, 6.45) is 0. The van der Waals surface area contributed by atoms with Crippen LogP contribution in [0.3, 0.4) is 0 Å². The molecule has 0 aromatic rings. The first kappa shape index (κ1) is 12.2. The van der Waals surface area contributed by atoms with E-state index in [1.165, 1.54) is 0 Å². The van der Waals surface area contributed by atoms with Crippen LogP contribution in [0.15, 0.2) is 5.11 Å². The number of methoxy groups -OCH3 is 1. The molecular weight excluding hydrogens is 199 g/mol. The van der Waals surface area contributed by atoms with Crippen molar-refractivity contribution in [1.29, 1.82) is 5.53 Å². The van der Waals surface area contributed by atoms with Crippen molar-refractivity contribution in [3.63, 3.8) is 0 Å². The van der Waals surface area contributed by atoms with Crippen molar-refractivity contribution in [2.75, 3.05) is 21.3 Å². The Morgan fingerprint density at radius 2 is 1.85 bits per heavy atom. The summed E-state index contributed by atoms with van der Waals surface area (Å²) >= 11 is 0. The van der Waals surface area contributed by atoms with Crippen LogP contribution >= 0.6 is 7.60 Å². The highest BCUT2D eigenvalue weighted by atomic mass is 31.2. The normalized spacial score (nSPS) is 13.5. The number of nitrogens with one attached hydrogen (secondary N) is 1. The molecule has 0 aromatic heterocycles. The second-order valence-electron chi connectivity index (χ2n) is 1.93. The Morgan fingerprint density at radius 1 is 1.38 bits per heavy atom. The molecule has 0 aliphatic rings. The molecule has 0 bridgehead atoms. The van der Waals surface area contributed by atoms with Gasteiger partial charge in [0.05, 0.1) is 7.11 Å². The van der Waals surface area contributed by atoms with Crippen molar-refractivity contribution in [3.8, 4) is 0 Å². The zero-order valence-corrected chi connectivity index (χ0v) is 8.41. The molecule has 13 heavy (non-hydrogen) atoms. The van der Waals surface area contributed by atoms with Crippen molar-refractivity contribution in [2.24, 2.45) is 5.11 Å². The summed E-state index contributed by atoms with van der Waals surface area (Å²) in [6, 6.07) is 0.